The number of benzene rings is 2. The lowest BCUT2D eigenvalue weighted by Crippen LogP contribution is -2.39. The Labute approximate surface area is 220 Å². The van der Waals surface area contributed by atoms with Gasteiger partial charge in [0.25, 0.3) is 5.91 Å². The lowest BCUT2D eigenvalue weighted by molar-refractivity contribution is -0.124. The van der Waals surface area contributed by atoms with Crippen molar-refractivity contribution in [1.82, 2.24) is 14.7 Å². The predicted octanol–water partition coefficient (Wildman–Crippen LogP) is 7.00. The molecule has 0 atom stereocenters. The summed E-state index contributed by atoms with van der Waals surface area (Å²) in [5.41, 5.74) is 2.80. The van der Waals surface area contributed by atoms with Gasteiger partial charge in [-0.05, 0) is 55.7 Å². The average Bonchev–Trinajstić information content (AvgIpc) is 3.44. The number of amides is 1. The molecule has 186 valence electrons. The van der Waals surface area contributed by atoms with E-state index in [1.165, 1.54) is 24.2 Å². The average molecular weight is 522 g/mol. The van der Waals surface area contributed by atoms with E-state index in [2.05, 4.69) is 0 Å². The molecular weight excluding hydrogens is 493 g/mol. The zero-order valence-electron chi connectivity index (χ0n) is 20.2. The zero-order chi connectivity index (χ0) is 25.1. The normalized spacial score (nSPS) is 17.8. The number of ether oxygens (including phenoxy) is 1. The summed E-state index contributed by atoms with van der Waals surface area (Å²) in [5, 5.41) is 4.78. The van der Waals surface area contributed by atoms with Crippen LogP contribution in [-0.4, -0.2) is 37.6 Å². The second kappa shape index (κ2) is 11.0. The van der Waals surface area contributed by atoms with E-state index in [0.717, 1.165) is 43.4 Å². The first-order valence-electron chi connectivity index (χ1n) is 12.4. The first-order valence-corrected chi connectivity index (χ1v) is 13.6. The van der Waals surface area contributed by atoms with Crippen LogP contribution in [0.3, 0.4) is 0 Å². The van der Waals surface area contributed by atoms with E-state index in [-0.39, 0.29) is 17.7 Å². The zero-order valence-corrected chi connectivity index (χ0v) is 21.8. The third-order valence-corrected chi connectivity index (χ3v) is 7.81. The number of aromatic nitrogens is 2. The van der Waals surface area contributed by atoms with Crippen LogP contribution < -0.4 is 4.74 Å². The number of hydrogen-bond acceptors (Lipinski definition) is 5. The number of carbonyl (C=O) groups excluding carboxylic acids is 1. The van der Waals surface area contributed by atoms with Gasteiger partial charge < -0.3 is 4.74 Å². The number of hydrogen-bond donors (Lipinski definition) is 0. The molecule has 0 radical (unpaired) electrons. The van der Waals surface area contributed by atoms with Gasteiger partial charge in [0.1, 0.15) is 10.0 Å². The summed E-state index contributed by atoms with van der Waals surface area (Å²) in [6.45, 7) is 2.43. The van der Waals surface area contributed by atoms with Crippen LogP contribution in [0.25, 0.3) is 23.0 Å². The van der Waals surface area contributed by atoms with E-state index < -0.39 is 5.82 Å². The molecular formula is C28H28FN3O2S2. The summed E-state index contributed by atoms with van der Waals surface area (Å²) in [4.78, 5) is 15.8. The fourth-order valence-corrected chi connectivity index (χ4v) is 6.07. The molecule has 3 aromatic rings. The topological polar surface area (TPSA) is 47.4 Å². The Morgan fingerprint density at radius 1 is 1.17 bits per heavy atom. The molecule has 2 heterocycles. The SMILES string of the molecule is CCCOc1ccc(-c2nn(-c3ccccc3)cc2/C=C2\SC(=S)N(C3CCCCC3)C2=O)cc1F. The van der Waals surface area contributed by atoms with Gasteiger partial charge in [-0.15, -0.1) is 0 Å². The Bertz CT molecular complexity index is 1300. The van der Waals surface area contributed by atoms with E-state index in [4.69, 9.17) is 22.1 Å². The van der Waals surface area contributed by atoms with Gasteiger partial charge in [0.05, 0.1) is 17.2 Å². The molecule has 1 saturated heterocycles. The lowest BCUT2D eigenvalue weighted by atomic mass is 9.94. The van der Waals surface area contributed by atoms with Crippen molar-refractivity contribution < 1.29 is 13.9 Å². The van der Waals surface area contributed by atoms with Crippen molar-refractivity contribution in [3.63, 3.8) is 0 Å². The van der Waals surface area contributed by atoms with E-state index >= 15 is 0 Å². The molecule has 0 unspecified atom stereocenters. The number of nitrogens with zero attached hydrogens (tertiary/aromatic N) is 3. The molecule has 36 heavy (non-hydrogen) atoms. The third kappa shape index (κ3) is 5.11. The standard InChI is InChI=1S/C28H28FN3O2S2/c1-2-15-34-24-14-13-19(16-23(24)29)26-20(18-31(30-26)21-9-5-3-6-10-21)17-25-27(33)32(28(35)36-25)22-11-7-4-8-12-22/h3,5-6,9-10,13-14,16-18,22H,2,4,7-8,11-12,15H2,1H3/b25-17-. The number of thioether (sulfide) groups is 1. The molecule has 1 amide bonds. The van der Waals surface area contributed by atoms with Crippen LogP contribution in [-0.2, 0) is 4.79 Å². The Morgan fingerprint density at radius 2 is 1.94 bits per heavy atom. The van der Waals surface area contributed by atoms with E-state index in [1.807, 2.05) is 49.5 Å². The molecule has 0 bridgehead atoms. The molecule has 2 fully saturated rings. The van der Waals surface area contributed by atoms with Gasteiger partial charge in [-0.3, -0.25) is 9.69 Å². The molecule has 0 N–H and O–H groups in total. The van der Waals surface area contributed by atoms with Crippen LogP contribution in [0.15, 0.2) is 59.6 Å². The second-order valence-electron chi connectivity index (χ2n) is 9.05. The van der Waals surface area contributed by atoms with Crippen molar-refractivity contribution in [3.05, 3.63) is 71.0 Å². The Kier molecular flexibility index (Phi) is 7.53. The third-order valence-electron chi connectivity index (χ3n) is 6.48. The fourth-order valence-electron chi connectivity index (χ4n) is 4.68. The summed E-state index contributed by atoms with van der Waals surface area (Å²) < 4.78 is 22.7. The monoisotopic (exact) mass is 521 g/mol. The van der Waals surface area contributed by atoms with Crippen molar-refractivity contribution >= 4 is 40.3 Å². The molecule has 5 nitrogen and oxygen atoms in total. The molecule has 1 aliphatic heterocycles. The molecule has 1 saturated carbocycles. The quantitative estimate of drug-likeness (QED) is 0.247. The number of rotatable bonds is 7. The Morgan fingerprint density at radius 3 is 2.67 bits per heavy atom. The minimum Gasteiger partial charge on any atom is -0.491 e. The van der Waals surface area contributed by atoms with Gasteiger partial charge in [-0.25, -0.2) is 9.07 Å². The van der Waals surface area contributed by atoms with E-state index in [0.29, 0.717) is 27.1 Å². The molecule has 2 aliphatic rings. The van der Waals surface area contributed by atoms with Gasteiger partial charge in [-0.2, -0.15) is 5.10 Å². The van der Waals surface area contributed by atoms with Crippen LogP contribution >= 0.6 is 24.0 Å². The highest BCUT2D eigenvalue weighted by Gasteiger charge is 2.37. The van der Waals surface area contributed by atoms with E-state index in [9.17, 15) is 9.18 Å². The second-order valence-corrected chi connectivity index (χ2v) is 10.7. The van der Waals surface area contributed by atoms with Crippen molar-refractivity contribution in [1.29, 1.82) is 0 Å². The highest BCUT2D eigenvalue weighted by Crippen LogP contribution is 2.38. The van der Waals surface area contributed by atoms with Crippen LogP contribution in [0, 0.1) is 5.82 Å². The Balaban J connectivity index is 1.53. The fraction of sp³-hybridized carbons (Fsp3) is 0.321. The number of halogens is 1. The summed E-state index contributed by atoms with van der Waals surface area (Å²) in [6.07, 6.45) is 9.94. The summed E-state index contributed by atoms with van der Waals surface area (Å²) >= 11 is 6.94. The van der Waals surface area contributed by atoms with Gasteiger partial charge >= 0.3 is 0 Å². The summed E-state index contributed by atoms with van der Waals surface area (Å²) in [7, 11) is 0. The first kappa shape index (κ1) is 24.7. The lowest BCUT2D eigenvalue weighted by Gasteiger charge is -2.29. The van der Waals surface area contributed by atoms with Crippen molar-refractivity contribution in [2.24, 2.45) is 0 Å². The molecule has 2 aromatic carbocycles. The Hall–Kier alpha value is -2.97. The van der Waals surface area contributed by atoms with Crippen LogP contribution in [0.2, 0.25) is 0 Å². The molecule has 8 heteroatoms. The van der Waals surface area contributed by atoms with Crippen molar-refractivity contribution in [2.75, 3.05) is 6.61 Å². The van der Waals surface area contributed by atoms with Crippen molar-refractivity contribution in [2.45, 2.75) is 51.5 Å². The molecule has 0 spiro atoms. The summed E-state index contributed by atoms with van der Waals surface area (Å²) in [6, 6.07) is 14.8. The maximum absolute atomic E-state index is 14.8. The largest absolute Gasteiger partial charge is 0.491 e. The minimum absolute atomic E-state index is 0.0511. The summed E-state index contributed by atoms with van der Waals surface area (Å²) in [5.74, 6) is -0.271. The smallest absolute Gasteiger partial charge is 0.266 e. The van der Waals surface area contributed by atoms with Gasteiger partial charge in [0.2, 0.25) is 0 Å². The van der Waals surface area contributed by atoms with Gasteiger partial charge in [0.15, 0.2) is 11.6 Å². The van der Waals surface area contributed by atoms with E-state index in [1.54, 1.807) is 21.7 Å². The highest BCUT2D eigenvalue weighted by molar-refractivity contribution is 8.26. The number of para-hydroxylation sites is 1. The molecule has 5 rings (SSSR count). The van der Waals surface area contributed by atoms with Crippen LogP contribution in [0.5, 0.6) is 5.75 Å². The number of thiocarbonyl (C=S) groups is 1. The van der Waals surface area contributed by atoms with Crippen molar-refractivity contribution in [3.8, 4) is 22.7 Å². The highest BCUT2D eigenvalue weighted by atomic mass is 32.2. The molecule has 1 aliphatic carbocycles. The maximum Gasteiger partial charge on any atom is 0.266 e. The molecule has 1 aromatic heterocycles. The van der Waals surface area contributed by atoms with Gasteiger partial charge in [0, 0.05) is 23.4 Å². The maximum atomic E-state index is 14.8. The van der Waals surface area contributed by atoms with Gasteiger partial charge in [-0.1, -0.05) is 68.4 Å². The first-order chi connectivity index (χ1) is 17.5. The van der Waals surface area contributed by atoms with Crippen LogP contribution in [0.1, 0.15) is 51.0 Å². The predicted molar refractivity (Wildman–Crippen MR) is 147 cm³/mol. The van der Waals surface area contributed by atoms with Crippen LogP contribution in [0.4, 0.5) is 4.39 Å². The number of carbonyl (C=O) groups is 1. The minimum atomic E-state index is -0.440.